The number of hydrogen-bond acceptors (Lipinski definition) is 1. The largest absolute Gasteiger partial charge is 0.371 e. The zero-order valence-electron chi connectivity index (χ0n) is 9.23. The Morgan fingerprint density at radius 3 is 2.43 bits per heavy atom. The maximum absolute atomic E-state index is 6.08. The van der Waals surface area contributed by atoms with Crippen molar-refractivity contribution in [3.05, 3.63) is 34.3 Å². The van der Waals surface area contributed by atoms with Crippen molar-refractivity contribution in [3.63, 3.8) is 0 Å². The van der Waals surface area contributed by atoms with Gasteiger partial charge in [0.2, 0.25) is 0 Å². The minimum atomic E-state index is -0.117. The van der Waals surface area contributed by atoms with Crippen LogP contribution in [0, 0.1) is 6.92 Å². The van der Waals surface area contributed by atoms with Gasteiger partial charge in [-0.3, -0.25) is 0 Å². The van der Waals surface area contributed by atoms with E-state index in [2.05, 4.69) is 0 Å². The lowest BCUT2D eigenvalue weighted by Crippen LogP contribution is -2.18. The van der Waals surface area contributed by atoms with Gasteiger partial charge in [-0.1, -0.05) is 23.7 Å². The molecule has 0 atom stereocenters. The van der Waals surface area contributed by atoms with Crippen LogP contribution in [0.3, 0.4) is 0 Å². The summed E-state index contributed by atoms with van der Waals surface area (Å²) in [6, 6.07) is 6.03. The van der Waals surface area contributed by atoms with E-state index in [9.17, 15) is 0 Å². The maximum Gasteiger partial charge on any atom is 0.0738 e. The number of rotatable bonds is 2. The van der Waals surface area contributed by atoms with Gasteiger partial charge in [0, 0.05) is 5.02 Å². The zero-order valence-corrected chi connectivity index (χ0v) is 9.98. The molecule has 0 aliphatic rings. The van der Waals surface area contributed by atoms with Crippen LogP contribution in [0.1, 0.15) is 31.9 Å². The summed E-state index contributed by atoms with van der Waals surface area (Å²) in [7, 11) is 0. The molecule has 0 N–H and O–H groups in total. The molecule has 0 bridgehead atoms. The molecule has 1 rings (SSSR count). The summed E-state index contributed by atoms with van der Waals surface area (Å²) < 4.78 is 5.65. The second kappa shape index (κ2) is 4.33. The van der Waals surface area contributed by atoms with Crippen LogP contribution in [0.15, 0.2) is 18.2 Å². The summed E-state index contributed by atoms with van der Waals surface area (Å²) in [6.45, 7) is 8.71. The summed E-state index contributed by atoms with van der Waals surface area (Å²) in [5, 5.41) is 0.786. The molecule has 1 aromatic rings. The van der Waals surface area contributed by atoms with Gasteiger partial charge in [-0.25, -0.2) is 0 Å². The second-order valence-corrected chi connectivity index (χ2v) is 4.90. The highest BCUT2D eigenvalue weighted by Gasteiger charge is 2.11. The van der Waals surface area contributed by atoms with Crippen molar-refractivity contribution in [2.24, 2.45) is 0 Å². The van der Waals surface area contributed by atoms with E-state index in [0.29, 0.717) is 6.61 Å². The highest BCUT2D eigenvalue weighted by molar-refractivity contribution is 6.31. The minimum absolute atomic E-state index is 0.117. The molecular formula is C12H17ClO. The average molecular weight is 213 g/mol. The first-order valence-corrected chi connectivity index (χ1v) is 5.15. The van der Waals surface area contributed by atoms with Crippen LogP contribution in [0.25, 0.3) is 0 Å². The van der Waals surface area contributed by atoms with Crippen molar-refractivity contribution >= 4 is 11.6 Å². The first kappa shape index (κ1) is 11.5. The van der Waals surface area contributed by atoms with Gasteiger partial charge in [0.25, 0.3) is 0 Å². The first-order chi connectivity index (χ1) is 6.38. The minimum Gasteiger partial charge on any atom is -0.371 e. The van der Waals surface area contributed by atoms with Gasteiger partial charge in [0.15, 0.2) is 0 Å². The SMILES string of the molecule is Cc1ccc(COC(C)(C)C)c(Cl)c1. The van der Waals surface area contributed by atoms with Crippen molar-refractivity contribution < 1.29 is 4.74 Å². The van der Waals surface area contributed by atoms with Crippen molar-refractivity contribution in [1.29, 1.82) is 0 Å². The summed E-state index contributed by atoms with van der Waals surface area (Å²) in [6.07, 6.45) is 0. The Morgan fingerprint density at radius 2 is 1.93 bits per heavy atom. The third kappa shape index (κ3) is 3.69. The Balaban J connectivity index is 2.68. The van der Waals surface area contributed by atoms with E-state index in [-0.39, 0.29) is 5.60 Å². The third-order valence-corrected chi connectivity index (χ3v) is 2.22. The molecule has 0 aliphatic heterocycles. The van der Waals surface area contributed by atoms with Gasteiger partial charge in [-0.05, 0) is 44.9 Å². The Bertz CT molecular complexity index is 313. The lowest BCUT2D eigenvalue weighted by atomic mass is 10.1. The molecule has 78 valence electrons. The van der Waals surface area contributed by atoms with E-state index in [1.165, 1.54) is 5.56 Å². The van der Waals surface area contributed by atoms with Crippen LogP contribution in [-0.2, 0) is 11.3 Å². The molecule has 0 heterocycles. The maximum atomic E-state index is 6.08. The molecule has 0 unspecified atom stereocenters. The lowest BCUT2D eigenvalue weighted by Gasteiger charge is -2.20. The predicted octanol–water partition coefficient (Wildman–Crippen LogP) is 3.96. The summed E-state index contributed by atoms with van der Waals surface area (Å²) in [5.74, 6) is 0. The second-order valence-electron chi connectivity index (χ2n) is 4.50. The van der Waals surface area contributed by atoms with E-state index >= 15 is 0 Å². The Labute approximate surface area is 91.0 Å². The van der Waals surface area contributed by atoms with Crippen LogP contribution in [0.5, 0.6) is 0 Å². The third-order valence-electron chi connectivity index (χ3n) is 1.87. The van der Waals surface area contributed by atoms with Crippen molar-refractivity contribution in [3.8, 4) is 0 Å². The number of aryl methyl sites for hydroxylation is 1. The molecule has 0 aromatic heterocycles. The fourth-order valence-electron chi connectivity index (χ4n) is 1.06. The van der Waals surface area contributed by atoms with Crippen molar-refractivity contribution in [1.82, 2.24) is 0 Å². The van der Waals surface area contributed by atoms with E-state index in [1.54, 1.807) is 0 Å². The molecule has 1 aromatic carbocycles. The zero-order chi connectivity index (χ0) is 10.8. The molecule has 0 saturated heterocycles. The molecule has 1 nitrogen and oxygen atoms in total. The lowest BCUT2D eigenvalue weighted by molar-refractivity contribution is -0.0149. The van der Waals surface area contributed by atoms with Crippen LogP contribution in [0.4, 0.5) is 0 Å². The van der Waals surface area contributed by atoms with Gasteiger partial charge in [-0.2, -0.15) is 0 Å². The molecule has 0 spiro atoms. The Hall–Kier alpha value is -0.530. The molecule has 2 heteroatoms. The number of hydrogen-bond donors (Lipinski definition) is 0. The molecule has 0 radical (unpaired) electrons. The van der Waals surface area contributed by atoms with Gasteiger partial charge >= 0.3 is 0 Å². The van der Waals surface area contributed by atoms with Crippen molar-refractivity contribution in [2.75, 3.05) is 0 Å². The predicted molar refractivity (Wildman–Crippen MR) is 60.7 cm³/mol. The number of ether oxygens (including phenoxy) is 1. The Kier molecular flexibility index (Phi) is 3.57. The molecule has 0 aliphatic carbocycles. The fourth-order valence-corrected chi connectivity index (χ4v) is 1.35. The van der Waals surface area contributed by atoms with Gasteiger partial charge in [0.1, 0.15) is 0 Å². The van der Waals surface area contributed by atoms with Crippen LogP contribution < -0.4 is 0 Å². The topological polar surface area (TPSA) is 9.23 Å². The monoisotopic (exact) mass is 212 g/mol. The van der Waals surface area contributed by atoms with Gasteiger partial charge in [-0.15, -0.1) is 0 Å². The summed E-state index contributed by atoms with van der Waals surface area (Å²) in [5.41, 5.74) is 2.11. The molecule has 0 fully saturated rings. The molecular weight excluding hydrogens is 196 g/mol. The van der Waals surface area contributed by atoms with Crippen LogP contribution in [0.2, 0.25) is 5.02 Å². The van der Waals surface area contributed by atoms with Crippen LogP contribution >= 0.6 is 11.6 Å². The fraction of sp³-hybridized carbons (Fsp3) is 0.500. The van der Waals surface area contributed by atoms with E-state index in [1.807, 2.05) is 45.9 Å². The number of benzene rings is 1. The average Bonchev–Trinajstić information content (AvgIpc) is 2.00. The summed E-state index contributed by atoms with van der Waals surface area (Å²) >= 11 is 6.08. The van der Waals surface area contributed by atoms with E-state index < -0.39 is 0 Å². The molecule has 0 saturated carbocycles. The highest BCUT2D eigenvalue weighted by Crippen LogP contribution is 2.20. The summed E-state index contributed by atoms with van der Waals surface area (Å²) in [4.78, 5) is 0. The molecule has 14 heavy (non-hydrogen) atoms. The van der Waals surface area contributed by atoms with E-state index in [0.717, 1.165) is 10.6 Å². The smallest absolute Gasteiger partial charge is 0.0738 e. The first-order valence-electron chi connectivity index (χ1n) is 4.77. The standard InChI is InChI=1S/C12H17ClO/c1-9-5-6-10(11(13)7-9)8-14-12(2,3)4/h5-7H,8H2,1-4H3. The van der Waals surface area contributed by atoms with Gasteiger partial charge < -0.3 is 4.74 Å². The quantitative estimate of drug-likeness (QED) is 0.721. The van der Waals surface area contributed by atoms with E-state index in [4.69, 9.17) is 16.3 Å². The normalized spacial score (nSPS) is 11.8. The van der Waals surface area contributed by atoms with Gasteiger partial charge in [0.05, 0.1) is 12.2 Å². The Morgan fingerprint density at radius 1 is 1.29 bits per heavy atom. The highest BCUT2D eigenvalue weighted by atomic mass is 35.5. The number of halogens is 1. The van der Waals surface area contributed by atoms with Crippen molar-refractivity contribution in [2.45, 2.75) is 39.9 Å². The van der Waals surface area contributed by atoms with Crippen LogP contribution in [-0.4, -0.2) is 5.60 Å². The molecule has 0 amide bonds.